The van der Waals surface area contributed by atoms with Crippen molar-refractivity contribution in [3.8, 4) is 11.5 Å². The molecule has 0 aliphatic carbocycles. The van der Waals surface area contributed by atoms with Gasteiger partial charge in [0.25, 0.3) is 5.91 Å². The highest BCUT2D eigenvalue weighted by molar-refractivity contribution is 6.11. The van der Waals surface area contributed by atoms with E-state index in [2.05, 4.69) is 20.5 Å². The molecule has 1 aromatic carbocycles. The highest BCUT2D eigenvalue weighted by Crippen LogP contribution is 2.26. The lowest BCUT2D eigenvalue weighted by Gasteiger charge is -2.08. The van der Waals surface area contributed by atoms with Crippen LogP contribution >= 0.6 is 0 Å². The maximum atomic E-state index is 12.4. The third kappa shape index (κ3) is 3.84. The molecule has 0 saturated heterocycles. The molecule has 0 unspecified atom stereocenters. The third-order valence-corrected chi connectivity index (χ3v) is 3.53. The summed E-state index contributed by atoms with van der Waals surface area (Å²) in [6, 6.07) is 15.1. The van der Waals surface area contributed by atoms with Crippen molar-refractivity contribution in [2.45, 2.75) is 0 Å². The van der Waals surface area contributed by atoms with Crippen molar-refractivity contribution in [3.05, 3.63) is 83.9 Å². The van der Waals surface area contributed by atoms with E-state index < -0.39 is 5.91 Å². The van der Waals surface area contributed by atoms with Gasteiger partial charge in [-0.1, -0.05) is 12.1 Å². The number of nitrogens with one attached hydrogen (secondary N) is 1. The Kier molecular flexibility index (Phi) is 5.19. The van der Waals surface area contributed by atoms with Crippen LogP contribution in [0, 0.1) is 0 Å². The van der Waals surface area contributed by atoms with Crippen molar-refractivity contribution in [2.75, 3.05) is 7.11 Å². The van der Waals surface area contributed by atoms with Crippen LogP contribution in [0.2, 0.25) is 0 Å². The highest BCUT2D eigenvalue weighted by Gasteiger charge is 2.13. The van der Waals surface area contributed by atoms with Crippen molar-refractivity contribution >= 4 is 11.6 Å². The van der Waals surface area contributed by atoms with Gasteiger partial charge in [-0.25, -0.2) is 5.43 Å². The van der Waals surface area contributed by atoms with E-state index in [0.29, 0.717) is 22.7 Å². The second-order valence-electron chi connectivity index (χ2n) is 5.22. The van der Waals surface area contributed by atoms with E-state index in [1.807, 2.05) is 12.1 Å². The fourth-order valence-electron chi connectivity index (χ4n) is 2.24. The number of rotatable bonds is 5. The summed E-state index contributed by atoms with van der Waals surface area (Å²) in [4.78, 5) is 20.9. The number of benzene rings is 1. The molecule has 0 fully saturated rings. The molecule has 0 radical (unpaired) electrons. The predicted molar refractivity (Wildman–Crippen MR) is 96.2 cm³/mol. The fourth-order valence-corrected chi connectivity index (χ4v) is 2.24. The minimum atomic E-state index is -0.451. The van der Waals surface area contributed by atoms with E-state index in [4.69, 9.17) is 4.74 Å². The van der Waals surface area contributed by atoms with Gasteiger partial charge in [0.05, 0.1) is 18.5 Å². The Labute approximate surface area is 150 Å². The van der Waals surface area contributed by atoms with Crippen LogP contribution in [0.5, 0.6) is 11.5 Å². The van der Waals surface area contributed by atoms with Gasteiger partial charge in [-0.3, -0.25) is 14.8 Å². The number of hydrogen-bond acceptors (Lipinski definition) is 6. The van der Waals surface area contributed by atoms with Crippen LogP contribution in [-0.4, -0.2) is 33.8 Å². The molecule has 130 valence electrons. The van der Waals surface area contributed by atoms with E-state index in [9.17, 15) is 9.90 Å². The van der Waals surface area contributed by atoms with Gasteiger partial charge in [-0.2, -0.15) is 5.10 Å². The predicted octanol–water partition coefficient (Wildman–Crippen LogP) is 2.37. The molecule has 0 spiro atoms. The third-order valence-electron chi connectivity index (χ3n) is 3.53. The number of carbonyl (C=O) groups is 1. The largest absolute Gasteiger partial charge is 0.504 e. The molecule has 7 heteroatoms. The lowest BCUT2D eigenvalue weighted by atomic mass is 10.1. The zero-order valence-electron chi connectivity index (χ0n) is 14.0. The van der Waals surface area contributed by atoms with Crippen LogP contribution in [0.1, 0.15) is 21.7 Å². The number of carbonyl (C=O) groups excluding carboxylic acids is 1. The van der Waals surface area contributed by atoms with Crippen molar-refractivity contribution in [1.29, 1.82) is 0 Å². The Bertz CT molecular complexity index is 887. The molecule has 3 rings (SSSR count). The number of phenols is 1. The maximum absolute atomic E-state index is 12.4. The Morgan fingerprint density at radius 1 is 1.04 bits per heavy atom. The standard InChI is InChI=1S/C19H16N4O3/c1-26-17-12-13(8-9-16(17)24)19(25)23-22-18(14-6-2-4-10-20-14)15-7-3-5-11-21-15/h2-12,24H,1H3,(H,23,25). The second kappa shape index (κ2) is 7.89. The zero-order chi connectivity index (χ0) is 18.4. The number of ether oxygens (including phenoxy) is 1. The Morgan fingerprint density at radius 2 is 1.69 bits per heavy atom. The quantitative estimate of drug-likeness (QED) is 0.545. The molecule has 2 heterocycles. The first-order valence-electron chi connectivity index (χ1n) is 7.77. The summed E-state index contributed by atoms with van der Waals surface area (Å²) in [5.41, 5.74) is 4.39. The summed E-state index contributed by atoms with van der Waals surface area (Å²) in [6.07, 6.45) is 3.28. The van der Waals surface area contributed by atoms with Crippen LogP contribution in [-0.2, 0) is 0 Å². The first-order chi connectivity index (χ1) is 12.7. The number of hydrogen-bond donors (Lipinski definition) is 2. The van der Waals surface area contributed by atoms with Crippen molar-refractivity contribution in [2.24, 2.45) is 5.10 Å². The van der Waals surface area contributed by atoms with Gasteiger partial charge < -0.3 is 9.84 Å². The van der Waals surface area contributed by atoms with Gasteiger partial charge in [-0.15, -0.1) is 0 Å². The Hall–Kier alpha value is -3.74. The first-order valence-corrected chi connectivity index (χ1v) is 7.77. The van der Waals surface area contributed by atoms with Crippen LogP contribution in [0.25, 0.3) is 0 Å². The smallest absolute Gasteiger partial charge is 0.271 e. The number of aromatic hydroxyl groups is 1. The molecule has 7 nitrogen and oxygen atoms in total. The Balaban J connectivity index is 1.90. The molecule has 26 heavy (non-hydrogen) atoms. The highest BCUT2D eigenvalue weighted by atomic mass is 16.5. The minimum absolute atomic E-state index is 0.0461. The molecule has 0 aliphatic heterocycles. The summed E-state index contributed by atoms with van der Waals surface area (Å²) in [6.45, 7) is 0. The lowest BCUT2D eigenvalue weighted by molar-refractivity contribution is 0.0954. The normalized spacial score (nSPS) is 10.0. The first kappa shape index (κ1) is 17.1. The molecule has 1 amide bonds. The number of aromatic nitrogens is 2. The number of nitrogens with zero attached hydrogens (tertiary/aromatic N) is 3. The molecule has 0 bridgehead atoms. The summed E-state index contributed by atoms with van der Waals surface area (Å²) in [5, 5.41) is 13.8. The maximum Gasteiger partial charge on any atom is 0.271 e. The fraction of sp³-hybridized carbons (Fsp3) is 0.0526. The number of hydrazone groups is 1. The number of phenolic OH excluding ortho intramolecular Hbond substituents is 1. The van der Waals surface area contributed by atoms with Gasteiger partial charge in [0.1, 0.15) is 5.71 Å². The van der Waals surface area contributed by atoms with E-state index in [0.717, 1.165) is 0 Å². The summed E-state index contributed by atoms with van der Waals surface area (Å²) >= 11 is 0. The molecule has 3 aromatic rings. The lowest BCUT2D eigenvalue weighted by Crippen LogP contribution is -2.21. The average Bonchev–Trinajstić information content (AvgIpc) is 2.70. The summed E-state index contributed by atoms with van der Waals surface area (Å²) < 4.78 is 5.01. The monoisotopic (exact) mass is 348 g/mol. The SMILES string of the molecule is COc1cc(C(=O)NN=C(c2ccccn2)c2ccccn2)ccc1O. The number of pyridine rings is 2. The zero-order valence-corrected chi connectivity index (χ0v) is 14.0. The molecule has 0 aliphatic rings. The molecular weight excluding hydrogens is 332 g/mol. The van der Waals surface area contributed by atoms with Gasteiger partial charge >= 0.3 is 0 Å². The van der Waals surface area contributed by atoms with E-state index in [-0.39, 0.29) is 11.5 Å². The van der Waals surface area contributed by atoms with E-state index in [1.165, 1.54) is 25.3 Å². The van der Waals surface area contributed by atoms with Crippen LogP contribution < -0.4 is 10.2 Å². The summed E-state index contributed by atoms with van der Waals surface area (Å²) in [5.74, 6) is -0.292. The van der Waals surface area contributed by atoms with Crippen LogP contribution in [0.4, 0.5) is 0 Å². The van der Waals surface area contributed by atoms with Gasteiger partial charge in [0.2, 0.25) is 0 Å². The molecule has 2 aromatic heterocycles. The Morgan fingerprint density at radius 3 is 2.23 bits per heavy atom. The minimum Gasteiger partial charge on any atom is -0.504 e. The second-order valence-corrected chi connectivity index (χ2v) is 5.22. The molecule has 0 saturated carbocycles. The topological polar surface area (TPSA) is 96.7 Å². The molecule has 2 N–H and O–H groups in total. The summed E-state index contributed by atoms with van der Waals surface area (Å²) in [7, 11) is 1.41. The van der Waals surface area contributed by atoms with Gasteiger partial charge in [0, 0.05) is 18.0 Å². The van der Waals surface area contributed by atoms with Crippen molar-refractivity contribution < 1.29 is 14.6 Å². The van der Waals surface area contributed by atoms with Crippen LogP contribution in [0.15, 0.2) is 72.1 Å². The molecule has 0 atom stereocenters. The van der Waals surface area contributed by atoms with Crippen molar-refractivity contribution in [3.63, 3.8) is 0 Å². The van der Waals surface area contributed by atoms with Gasteiger partial charge in [-0.05, 0) is 42.5 Å². The van der Waals surface area contributed by atoms with Gasteiger partial charge in [0.15, 0.2) is 11.5 Å². The molecular formula is C19H16N4O3. The van der Waals surface area contributed by atoms with Crippen molar-refractivity contribution in [1.82, 2.24) is 15.4 Å². The van der Waals surface area contributed by atoms with E-state index >= 15 is 0 Å². The number of methoxy groups -OCH3 is 1. The van der Waals surface area contributed by atoms with Crippen LogP contribution in [0.3, 0.4) is 0 Å². The van der Waals surface area contributed by atoms with E-state index in [1.54, 1.807) is 36.7 Å². The average molecular weight is 348 g/mol. The number of amides is 1.